The molecule has 0 bridgehead atoms. The number of rotatable bonds is 4. The van der Waals surface area contributed by atoms with Crippen LogP contribution >= 0.6 is 11.6 Å². The minimum Gasteiger partial charge on any atom is -0.467 e. The molecule has 2 N–H and O–H groups in total. The summed E-state index contributed by atoms with van der Waals surface area (Å²) in [6.07, 6.45) is 1.55. The van der Waals surface area contributed by atoms with Crippen LogP contribution in [0.3, 0.4) is 0 Å². The third kappa shape index (κ3) is 3.37. The molecule has 3 aromatic rings. The minimum absolute atomic E-state index is 0.0535. The number of ether oxygens (including phenoxy) is 2. The molecule has 7 nitrogen and oxygen atoms in total. The fourth-order valence-corrected chi connectivity index (χ4v) is 3.87. The zero-order valence-corrected chi connectivity index (χ0v) is 17.1. The second-order valence-corrected chi connectivity index (χ2v) is 7.33. The summed E-state index contributed by atoms with van der Waals surface area (Å²) >= 11 is 6.19. The Balaban J connectivity index is 1.97. The standard InChI is InChI=1S/C22H19ClN2O5/c1-12-9-16-18(21(26)25(12)11-15-7-4-8-29-15)17(13-5-3-6-14(23)10-13)19(20(24)30-16)22(27)28-2/h3-10,17H,11,24H2,1-2H3/t17-/m0/s1. The number of pyridine rings is 1. The number of halogens is 1. The number of carbonyl (C=O) groups excluding carboxylic acids is 1. The Kier molecular flexibility index (Phi) is 5.13. The van der Waals surface area contributed by atoms with E-state index in [1.807, 2.05) is 0 Å². The van der Waals surface area contributed by atoms with Gasteiger partial charge in [-0.1, -0.05) is 23.7 Å². The van der Waals surface area contributed by atoms with Gasteiger partial charge in [-0.05, 0) is 36.8 Å². The average Bonchev–Trinajstić information content (AvgIpc) is 3.23. The molecule has 0 fully saturated rings. The lowest BCUT2D eigenvalue weighted by Gasteiger charge is -2.29. The number of nitrogens with zero attached hydrogens (tertiary/aromatic N) is 1. The maximum atomic E-state index is 13.6. The van der Waals surface area contributed by atoms with Crippen LogP contribution in [0.5, 0.6) is 5.75 Å². The molecule has 1 atom stereocenters. The molecular weight excluding hydrogens is 408 g/mol. The molecule has 8 heteroatoms. The normalized spacial score (nSPS) is 15.5. The second-order valence-electron chi connectivity index (χ2n) is 6.89. The van der Waals surface area contributed by atoms with Crippen molar-refractivity contribution in [2.45, 2.75) is 19.4 Å². The van der Waals surface area contributed by atoms with Crippen molar-refractivity contribution in [2.75, 3.05) is 7.11 Å². The topological polar surface area (TPSA) is 96.7 Å². The van der Waals surface area contributed by atoms with Gasteiger partial charge in [0.05, 0.1) is 31.4 Å². The van der Waals surface area contributed by atoms with Gasteiger partial charge in [0.25, 0.3) is 5.56 Å². The molecule has 0 unspecified atom stereocenters. The van der Waals surface area contributed by atoms with Crippen LogP contribution in [-0.2, 0) is 16.1 Å². The first-order chi connectivity index (χ1) is 14.4. The Hall–Kier alpha value is -3.45. The van der Waals surface area contributed by atoms with E-state index in [2.05, 4.69) is 0 Å². The smallest absolute Gasteiger partial charge is 0.340 e. The highest BCUT2D eigenvalue weighted by Crippen LogP contribution is 2.41. The van der Waals surface area contributed by atoms with Crippen molar-refractivity contribution in [3.05, 3.63) is 98.1 Å². The summed E-state index contributed by atoms with van der Waals surface area (Å²) in [5.41, 5.74) is 7.39. The lowest BCUT2D eigenvalue weighted by Crippen LogP contribution is -2.35. The van der Waals surface area contributed by atoms with Crippen molar-refractivity contribution in [3.8, 4) is 5.75 Å². The number of nitrogens with two attached hydrogens (primary N) is 1. The molecule has 154 valence electrons. The molecule has 1 aliphatic rings. The van der Waals surface area contributed by atoms with Crippen LogP contribution in [0.2, 0.25) is 5.02 Å². The van der Waals surface area contributed by atoms with Crippen molar-refractivity contribution in [2.24, 2.45) is 5.73 Å². The van der Waals surface area contributed by atoms with Gasteiger partial charge in [0, 0.05) is 16.8 Å². The van der Waals surface area contributed by atoms with E-state index < -0.39 is 11.9 Å². The van der Waals surface area contributed by atoms with Crippen molar-refractivity contribution >= 4 is 17.6 Å². The van der Waals surface area contributed by atoms with Crippen LogP contribution < -0.4 is 16.0 Å². The van der Waals surface area contributed by atoms with Gasteiger partial charge in [0.15, 0.2) is 0 Å². The maximum Gasteiger partial charge on any atom is 0.340 e. The summed E-state index contributed by atoms with van der Waals surface area (Å²) in [7, 11) is 1.25. The zero-order chi connectivity index (χ0) is 21.4. The first-order valence-corrected chi connectivity index (χ1v) is 9.56. The third-order valence-corrected chi connectivity index (χ3v) is 5.29. The molecule has 3 heterocycles. The Morgan fingerprint density at radius 2 is 2.07 bits per heavy atom. The molecule has 1 aromatic carbocycles. The van der Waals surface area contributed by atoms with Crippen molar-refractivity contribution in [1.29, 1.82) is 0 Å². The molecular formula is C22H19ClN2O5. The second kappa shape index (κ2) is 7.76. The van der Waals surface area contributed by atoms with E-state index in [1.54, 1.807) is 60.2 Å². The number of hydrogen-bond donors (Lipinski definition) is 1. The zero-order valence-electron chi connectivity index (χ0n) is 16.3. The van der Waals surface area contributed by atoms with Crippen molar-refractivity contribution in [3.63, 3.8) is 0 Å². The fourth-order valence-electron chi connectivity index (χ4n) is 3.67. The SMILES string of the molecule is COC(=O)C1=C(N)Oc2cc(C)n(Cc3ccco3)c(=O)c2[C@@H]1c1cccc(Cl)c1. The number of aromatic nitrogens is 1. The van der Waals surface area contributed by atoms with E-state index in [1.165, 1.54) is 7.11 Å². The van der Waals surface area contributed by atoms with Gasteiger partial charge < -0.3 is 24.2 Å². The first kappa shape index (κ1) is 19.8. The largest absolute Gasteiger partial charge is 0.467 e. The molecule has 0 saturated carbocycles. The van der Waals surface area contributed by atoms with E-state index >= 15 is 0 Å². The molecule has 0 spiro atoms. The number of carbonyl (C=O) groups is 1. The van der Waals surface area contributed by atoms with Crippen LogP contribution in [0.4, 0.5) is 0 Å². The number of esters is 1. The van der Waals surface area contributed by atoms with Crippen molar-refractivity contribution in [1.82, 2.24) is 4.57 Å². The number of furan rings is 1. The van der Waals surface area contributed by atoms with Crippen LogP contribution in [-0.4, -0.2) is 17.6 Å². The first-order valence-electron chi connectivity index (χ1n) is 9.18. The summed E-state index contributed by atoms with van der Waals surface area (Å²) in [6.45, 7) is 2.03. The highest BCUT2D eigenvalue weighted by Gasteiger charge is 2.38. The van der Waals surface area contributed by atoms with Crippen LogP contribution in [0.25, 0.3) is 0 Å². The quantitative estimate of drug-likeness (QED) is 0.643. The molecule has 2 aromatic heterocycles. The highest BCUT2D eigenvalue weighted by atomic mass is 35.5. The molecule has 0 aliphatic carbocycles. The predicted octanol–water partition coefficient (Wildman–Crippen LogP) is 3.32. The Morgan fingerprint density at radius 1 is 1.27 bits per heavy atom. The van der Waals surface area contributed by atoms with Crippen molar-refractivity contribution < 1.29 is 18.7 Å². The Labute approximate surface area is 177 Å². The van der Waals surface area contributed by atoms with Crippen LogP contribution in [0, 0.1) is 6.92 Å². The van der Waals surface area contributed by atoms with E-state index in [4.69, 9.17) is 31.2 Å². The van der Waals surface area contributed by atoms with Gasteiger partial charge in [0.1, 0.15) is 17.1 Å². The summed E-state index contributed by atoms with van der Waals surface area (Å²) in [5, 5.41) is 0.464. The number of hydrogen-bond acceptors (Lipinski definition) is 6. The average molecular weight is 427 g/mol. The lowest BCUT2D eigenvalue weighted by molar-refractivity contribution is -0.136. The molecule has 1 aliphatic heterocycles. The monoisotopic (exact) mass is 426 g/mol. The Bertz CT molecular complexity index is 1210. The molecule has 30 heavy (non-hydrogen) atoms. The summed E-state index contributed by atoms with van der Waals surface area (Å²) in [5.74, 6) is -0.666. The van der Waals surface area contributed by atoms with Crippen LogP contribution in [0.1, 0.15) is 28.5 Å². The molecule has 0 radical (unpaired) electrons. The summed E-state index contributed by atoms with van der Waals surface area (Å²) in [4.78, 5) is 26.2. The molecule has 0 saturated heterocycles. The van der Waals surface area contributed by atoms with E-state index in [9.17, 15) is 9.59 Å². The van der Waals surface area contributed by atoms with Crippen LogP contribution in [0.15, 0.2) is 69.4 Å². The van der Waals surface area contributed by atoms with E-state index in [-0.39, 0.29) is 29.1 Å². The van der Waals surface area contributed by atoms with Gasteiger partial charge in [-0.25, -0.2) is 4.79 Å². The Morgan fingerprint density at radius 3 is 2.73 bits per heavy atom. The predicted molar refractivity (Wildman–Crippen MR) is 110 cm³/mol. The summed E-state index contributed by atoms with van der Waals surface area (Å²) in [6, 6.07) is 12.2. The number of methoxy groups -OCH3 is 1. The molecule has 0 amide bonds. The molecule has 4 rings (SSSR count). The number of fused-ring (bicyclic) bond motifs is 1. The van der Waals surface area contributed by atoms with Gasteiger partial charge in [-0.15, -0.1) is 0 Å². The van der Waals surface area contributed by atoms with Gasteiger partial charge in [0.2, 0.25) is 5.88 Å². The van der Waals surface area contributed by atoms with Gasteiger partial charge in [-0.2, -0.15) is 0 Å². The van der Waals surface area contributed by atoms with Gasteiger partial charge >= 0.3 is 5.97 Å². The number of benzene rings is 1. The van der Waals surface area contributed by atoms with E-state index in [0.717, 1.165) is 0 Å². The lowest BCUT2D eigenvalue weighted by atomic mass is 9.83. The minimum atomic E-state index is -0.796. The fraction of sp³-hybridized carbons (Fsp3) is 0.182. The van der Waals surface area contributed by atoms with E-state index in [0.29, 0.717) is 27.8 Å². The maximum absolute atomic E-state index is 13.6. The number of aryl methyl sites for hydroxylation is 1. The van der Waals surface area contributed by atoms with Gasteiger partial charge in [-0.3, -0.25) is 4.79 Å². The third-order valence-electron chi connectivity index (χ3n) is 5.05. The highest BCUT2D eigenvalue weighted by molar-refractivity contribution is 6.30. The summed E-state index contributed by atoms with van der Waals surface area (Å²) < 4.78 is 17.6.